The predicted molar refractivity (Wildman–Crippen MR) is 91.2 cm³/mol. The van der Waals surface area contributed by atoms with E-state index in [0.717, 1.165) is 42.7 Å². The topological polar surface area (TPSA) is 12.5 Å². The molecule has 1 aromatic rings. The molecule has 124 valence electrons. The molecule has 22 heavy (non-hydrogen) atoms. The third-order valence-corrected chi connectivity index (χ3v) is 4.50. The molecule has 0 spiro atoms. The Morgan fingerprint density at radius 1 is 1.14 bits per heavy atom. The van der Waals surface area contributed by atoms with Crippen molar-refractivity contribution < 1.29 is 9.13 Å². The molecule has 0 aromatic heterocycles. The first kappa shape index (κ1) is 17.3. The number of unbranched alkanes of at least 4 members (excludes halogenated alkanes) is 3. The molecule has 0 N–H and O–H groups in total. The lowest BCUT2D eigenvalue weighted by molar-refractivity contribution is -0.00526. The molecule has 1 saturated heterocycles. The van der Waals surface area contributed by atoms with Crippen LogP contribution in [0.1, 0.15) is 57.6 Å². The second-order valence-electron chi connectivity index (χ2n) is 6.66. The van der Waals surface area contributed by atoms with Gasteiger partial charge in [0.05, 0.1) is 12.2 Å². The van der Waals surface area contributed by atoms with Crippen LogP contribution in [0.5, 0.6) is 0 Å². The summed E-state index contributed by atoms with van der Waals surface area (Å²) >= 11 is 0. The third kappa shape index (κ3) is 4.22. The molecule has 2 nitrogen and oxygen atoms in total. The maximum atomic E-state index is 14.7. The molecule has 0 saturated carbocycles. The summed E-state index contributed by atoms with van der Waals surface area (Å²) in [6, 6.07) is 4.08. The third-order valence-electron chi connectivity index (χ3n) is 4.50. The Bertz CT molecular complexity index is 479. The van der Waals surface area contributed by atoms with E-state index in [9.17, 15) is 4.39 Å². The van der Waals surface area contributed by atoms with Crippen molar-refractivity contribution in [2.45, 2.75) is 72.0 Å². The molecule has 3 heteroatoms. The van der Waals surface area contributed by atoms with E-state index < -0.39 is 0 Å². The Morgan fingerprint density at radius 3 is 2.45 bits per heavy atom. The van der Waals surface area contributed by atoms with Crippen molar-refractivity contribution in [2.24, 2.45) is 0 Å². The number of nitrogens with zero attached hydrogens (tertiary/aromatic N) is 1. The zero-order chi connectivity index (χ0) is 16.1. The largest absolute Gasteiger partial charge is 0.372 e. The number of benzene rings is 1. The predicted octanol–water partition coefficient (Wildman–Crippen LogP) is 4.87. The maximum Gasteiger partial charge on any atom is 0.131 e. The van der Waals surface area contributed by atoms with Gasteiger partial charge in [0.15, 0.2) is 0 Å². The number of anilines is 1. The number of hydrogen-bond acceptors (Lipinski definition) is 2. The van der Waals surface area contributed by atoms with E-state index >= 15 is 0 Å². The van der Waals surface area contributed by atoms with Crippen LogP contribution in [0, 0.1) is 12.7 Å². The molecule has 0 radical (unpaired) electrons. The molecule has 1 aliphatic rings. The van der Waals surface area contributed by atoms with Crippen molar-refractivity contribution in [3.05, 3.63) is 29.1 Å². The molecule has 2 rings (SSSR count). The molecule has 0 unspecified atom stereocenters. The van der Waals surface area contributed by atoms with Crippen LogP contribution >= 0.6 is 0 Å². The van der Waals surface area contributed by atoms with Gasteiger partial charge in [-0.15, -0.1) is 0 Å². The number of halogens is 1. The molecular formula is C19H30FNO. The highest BCUT2D eigenvalue weighted by Gasteiger charge is 2.24. The van der Waals surface area contributed by atoms with Crippen molar-refractivity contribution in [1.82, 2.24) is 0 Å². The van der Waals surface area contributed by atoms with Crippen molar-refractivity contribution >= 4 is 5.69 Å². The molecular weight excluding hydrogens is 277 g/mol. The second-order valence-corrected chi connectivity index (χ2v) is 6.66. The maximum absolute atomic E-state index is 14.7. The normalized spacial score (nSPS) is 22.1. The molecule has 1 fully saturated rings. The van der Waals surface area contributed by atoms with Gasteiger partial charge in [0.2, 0.25) is 0 Å². The number of ether oxygens (including phenoxy) is 1. The summed E-state index contributed by atoms with van der Waals surface area (Å²) in [6.07, 6.45) is 5.96. The molecule has 0 amide bonds. The molecule has 1 aliphatic heterocycles. The van der Waals surface area contributed by atoms with Crippen LogP contribution < -0.4 is 4.90 Å². The van der Waals surface area contributed by atoms with Crippen molar-refractivity contribution in [3.63, 3.8) is 0 Å². The van der Waals surface area contributed by atoms with E-state index in [1.54, 1.807) is 0 Å². The van der Waals surface area contributed by atoms with Gasteiger partial charge < -0.3 is 9.64 Å². The van der Waals surface area contributed by atoms with E-state index in [1.165, 1.54) is 19.3 Å². The van der Waals surface area contributed by atoms with Gasteiger partial charge in [-0.25, -0.2) is 4.39 Å². The summed E-state index contributed by atoms with van der Waals surface area (Å²) in [6.45, 7) is 9.93. The van der Waals surface area contributed by atoms with Crippen molar-refractivity contribution in [3.8, 4) is 0 Å². The van der Waals surface area contributed by atoms with Crippen LogP contribution in [-0.4, -0.2) is 25.3 Å². The summed E-state index contributed by atoms with van der Waals surface area (Å²) < 4.78 is 20.4. The standard InChI is InChI=1S/C19H30FNO/c1-5-6-7-8-9-17-10-11-18(16(4)19(17)20)21-12-14(2)22-15(3)13-21/h10-11,14-15H,5-9,12-13H2,1-4H3/t14-,15+. The zero-order valence-corrected chi connectivity index (χ0v) is 14.5. The van der Waals surface area contributed by atoms with Crippen molar-refractivity contribution in [2.75, 3.05) is 18.0 Å². The zero-order valence-electron chi connectivity index (χ0n) is 14.5. The minimum atomic E-state index is -0.0132. The Labute approximate surface area is 134 Å². The van der Waals surface area contributed by atoms with E-state index in [2.05, 4.69) is 31.7 Å². The molecule has 1 heterocycles. The van der Waals surface area contributed by atoms with Gasteiger partial charge in [-0.1, -0.05) is 32.3 Å². The van der Waals surface area contributed by atoms with Crippen LogP contribution in [0.2, 0.25) is 0 Å². The van der Waals surface area contributed by atoms with Gasteiger partial charge in [-0.2, -0.15) is 0 Å². The van der Waals surface area contributed by atoms with Crippen LogP contribution in [0.4, 0.5) is 10.1 Å². The highest BCUT2D eigenvalue weighted by Crippen LogP contribution is 2.28. The number of morpholine rings is 1. The lowest BCUT2D eigenvalue weighted by Crippen LogP contribution is -2.45. The molecule has 0 bridgehead atoms. The Hall–Kier alpha value is -1.09. The summed E-state index contributed by atoms with van der Waals surface area (Å²) in [4.78, 5) is 2.26. The fourth-order valence-corrected chi connectivity index (χ4v) is 3.38. The lowest BCUT2D eigenvalue weighted by Gasteiger charge is -2.37. The Morgan fingerprint density at radius 2 is 1.82 bits per heavy atom. The van der Waals surface area contributed by atoms with Gasteiger partial charge in [0.25, 0.3) is 0 Å². The van der Waals surface area contributed by atoms with Crippen molar-refractivity contribution in [1.29, 1.82) is 0 Å². The summed E-state index contributed by atoms with van der Waals surface area (Å²) in [5, 5.41) is 0. The quantitative estimate of drug-likeness (QED) is 0.695. The highest BCUT2D eigenvalue weighted by atomic mass is 19.1. The molecule has 2 atom stereocenters. The Kier molecular flexibility index (Phi) is 6.25. The first-order chi connectivity index (χ1) is 10.5. The Balaban J connectivity index is 2.09. The summed E-state index contributed by atoms with van der Waals surface area (Å²) in [5.74, 6) is -0.0132. The second kappa shape index (κ2) is 7.96. The van der Waals surface area contributed by atoms with Gasteiger partial charge in [0, 0.05) is 24.3 Å². The summed E-state index contributed by atoms with van der Waals surface area (Å²) in [5.41, 5.74) is 2.68. The molecule has 0 aliphatic carbocycles. The van der Waals surface area contributed by atoms with Crippen LogP contribution in [0.25, 0.3) is 0 Å². The first-order valence-corrected chi connectivity index (χ1v) is 8.71. The fourth-order valence-electron chi connectivity index (χ4n) is 3.38. The van der Waals surface area contributed by atoms with Gasteiger partial charge in [-0.05, 0) is 45.2 Å². The minimum absolute atomic E-state index is 0.0132. The average Bonchev–Trinajstić information content (AvgIpc) is 2.46. The molecule has 1 aromatic carbocycles. The number of aryl methyl sites for hydroxylation is 1. The van der Waals surface area contributed by atoms with Gasteiger partial charge >= 0.3 is 0 Å². The SMILES string of the molecule is CCCCCCc1ccc(N2C[C@@H](C)O[C@@H](C)C2)c(C)c1F. The van der Waals surface area contributed by atoms with Crippen LogP contribution in [0.15, 0.2) is 12.1 Å². The van der Waals surface area contributed by atoms with Gasteiger partial charge in [0.1, 0.15) is 5.82 Å². The van der Waals surface area contributed by atoms with E-state index in [0.29, 0.717) is 0 Å². The average molecular weight is 307 g/mol. The lowest BCUT2D eigenvalue weighted by atomic mass is 10.0. The highest BCUT2D eigenvalue weighted by molar-refractivity contribution is 5.55. The van der Waals surface area contributed by atoms with Gasteiger partial charge in [-0.3, -0.25) is 0 Å². The number of rotatable bonds is 6. The van der Waals surface area contributed by atoms with E-state index in [4.69, 9.17) is 4.74 Å². The monoisotopic (exact) mass is 307 g/mol. The minimum Gasteiger partial charge on any atom is -0.372 e. The van der Waals surface area contributed by atoms with Crippen LogP contribution in [0.3, 0.4) is 0 Å². The van der Waals surface area contributed by atoms with E-state index in [1.807, 2.05) is 13.0 Å². The van der Waals surface area contributed by atoms with E-state index in [-0.39, 0.29) is 18.0 Å². The first-order valence-electron chi connectivity index (χ1n) is 8.71. The fraction of sp³-hybridized carbons (Fsp3) is 0.684. The summed E-state index contributed by atoms with van der Waals surface area (Å²) in [7, 11) is 0. The number of hydrogen-bond donors (Lipinski definition) is 0. The van der Waals surface area contributed by atoms with Crippen LogP contribution in [-0.2, 0) is 11.2 Å². The smallest absolute Gasteiger partial charge is 0.131 e.